The largest absolute Gasteiger partial charge is 0.489 e. The molecule has 9 nitrogen and oxygen atoms in total. The molecule has 4 aliphatic heterocycles. The zero-order chi connectivity index (χ0) is 24.9. The Hall–Kier alpha value is -3.19. The zero-order valence-electron chi connectivity index (χ0n) is 20.8. The number of hydrogen-bond donors (Lipinski definition) is 1. The lowest BCUT2D eigenvalue weighted by Gasteiger charge is -2.57. The number of nitriles is 1. The minimum Gasteiger partial charge on any atom is -0.489 e. The summed E-state index contributed by atoms with van der Waals surface area (Å²) in [4.78, 5) is 9.82. The molecule has 0 amide bonds. The van der Waals surface area contributed by atoms with E-state index in [0.717, 1.165) is 43.2 Å². The van der Waals surface area contributed by atoms with E-state index < -0.39 is 5.60 Å². The quantitative estimate of drug-likeness (QED) is 0.542. The van der Waals surface area contributed by atoms with Crippen LogP contribution in [0.4, 0.5) is 5.82 Å². The molecule has 3 atom stereocenters. The second-order valence-corrected chi connectivity index (χ2v) is 10.8. The first-order chi connectivity index (χ1) is 17.4. The average Bonchev–Trinajstić information content (AvgIpc) is 3.55. The maximum absolute atomic E-state index is 10.1. The first kappa shape index (κ1) is 23.2. The maximum Gasteiger partial charge on any atom is 0.138 e. The molecule has 3 aromatic rings. The van der Waals surface area contributed by atoms with E-state index in [9.17, 15) is 10.4 Å². The van der Waals surface area contributed by atoms with Crippen LogP contribution in [0.1, 0.15) is 38.7 Å². The predicted molar refractivity (Wildman–Crippen MR) is 135 cm³/mol. The molecular formula is C27H32N6O3. The number of piperazine rings is 1. The number of nitrogens with zero attached hydrogens (tertiary/aromatic N) is 6. The van der Waals surface area contributed by atoms with E-state index >= 15 is 0 Å². The number of piperidine rings is 1. The third-order valence-corrected chi connectivity index (χ3v) is 7.46. The molecule has 1 N–H and O–H groups in total. The van der Waals surface area contributed by atoms with E-state index in [1.54, 1.807) is 30.8 Å². The molecule has 0 radical (unpaired) electrons. The number of aliphatic hydroxyl groups is 1. The van der Waals surface area contributed by atoms with Gasteiger partial charge in [0.05, 0.1) is 35.2 Å². The van der Waals surface area contributed by atoms with Crippen molar-refractivity contribution in [2.75, 3.05) is 37.7 Å². The smallest absolute Gasteiger partial charge is 0.138 e. The fraction of sp³-hybridized carbons (Fsp3) is 0.519. The van der Waals surface area contributed by atoms with Gasteiger partial charge in [-0.05, 0) is 51.3 Å². The van der Waals surface area contributed by atoms with Crippen LogP contribution in [0.3, 0.4) is 0 Å². The van der Waals surface area contributed by atoms with Crippen molar-refractivity contribution in [3.8, 4) is 22.9 Å². The molecule has 3 aromatic heterocycles. The monoisotopic (exact) mass is 488 g/mol. The molecular weight excluding hydrogens is 456 g/mol. The Morgan fingerprint density at radius 3 is 2.75 bits per heavy atom. The summed E-state index contributed by atoms with van der Waals surface area (Å²) in [5.74, 6) is 1.54. The number of hydrogen-bond acceptors (Lipinski definition) is 8. The van der Waals surface area contributed by atoms with Crippen LogP contribution < -0.4 is 9.64 Å². The Bertz CT molecular complexity index is 1270. The van der Waals surface area contributed by atoms with Gasteiger partial charge >= 0.3 is 0 Å². The molecule has 36 heavy (non-hydrogen) atoms. The molecule has 4 fully saturated rings. The van der Waals surface area contributed by atoms with Gasteiger partial charge in [-0.25, -0.2) is 9.50 Å². The number of aromatic nitrogens is 3. The van der Waals surface area contributed by atoms with Crippen LogP contribution in [-0.2, 0) is 4.74 Å². The van der Waals surface area contributed by atoms with Crippen molar-refractivity contribution < 1.29 is 14.6 Å². The van der Waals surface area contributed by atoms with Crippen molar-refractivity contribution in [1.29, 1.82) is 5.26 Å². The standard InChI is InChI=1S/C27H32N6O3/c1-27(2,34)17-36-23-9-24(26-19(10-28)12-30-33(26)16-23)18-5-6-25(29-11-18)31-13-20-8-21(14-31)32(20)15-22-4-3-7-35-22/h5-6,9,11-12,16,20-22,34H,3-4,7-8,13-15,17H2,1-2H3. The Balaban J connectivity index is 1.22. The Morgan fingerprint density at radius 1 is 1.25 bits per heavy atom. The number of pyridine rings is 2. The van der Waals surface area contributed by atoms with Crippen molar-refractivity contribution >= 4 is 11.3 Å². The molecule has 9 heteroatoms. The molecule has 3 unspecified atom stereocenters. The number of ether oxygens (including phenoxy) is 2. The van der Waals surface area contributed by atoms with Crippen molar-refractivity contribution in [2.24, 2.45) is 0 Å². The highest BCUT2D eigenvalue weighted by molar-refractivity contribution is 5.85. The Morgan fingerprint density at radius 2 is 2.08 bits per heavy atom. The van der Waals surface area contributed by atoms with Crippen molar-refractivity contribution in [3.05, 3.63) is 42.4 Å². The van der Waals surface area contributed by atoms with Crippen LogP contribution >= 0.6 is 0 Å². The van der Waals surface area contributed by atoms with E-state index in [4.69, 9.17) is 14.5 Å². The van der Waals surface area contributed by atoms with Crippen LogP contribution in [0.15, 0.2) is 36.8 Å². The van der Waals surface area contributed by atoms with Gasteiger partial charge in [-0.3, -0.25) is 4.90 Å². The summed E-state index contributed by atoms with van der Waals surface area (Å²) in [6.07, 6.45) is 9.19. The molecule has 0 spiro atoms. The summed E-state index contributed by atoms with van der Waals surface area (Å²) in [6.45, 7) is 7.48. The number of rotatable bonds is 7. The third kappa shape index (κ3) is 4.41. The van der Waals surface area contributed by atoms with Crippen LogP contribution in [0.5, 0.6) is 5.75 Å². The number of anilines is 1. The van der Waals surface area contributed by atoms with E-state index in [1.807, 2.05) is 12.3 Å². The van der Waals surface area contributed by atoms with Gasteiger partial charge in [-0.2, -0.15) is 10.4 Å². The minimum atomic E-state index is -0.963. The first-order valence-electron chi connectivity index (χ1n) is 12.7. The molecule has 0 saturated carbocycles. The van der Waals surface area contributed by atoms with Gasteiger partial charge in [-0.1, -0.05) is 0 Å². The predicted octanol–water partition coefficient (Wildman–Crippen LogP) is 2.86. The molecule has 7 heterocycles. The fourth-order valence-corrected chi connectivity index (χ4v) is 5.67. The first-order valence-corrected chi connectivity index (χ1v) is 12.7. The minimum absolute atomic E-state index is 0.142. The van der Waals surface area contributed by atoms with Crippen LogP contribution in [0.2, 0.25) is 0 Å². The van der Waals surface area contributed by atoms with Gasteiger partial charge in [-0.15, -0.1) is 0 Å². The normalized spacial score (nSPS) is 24.1. The van der Waals surface area contributed by atoms with Gasteiger partial charge in [0.2, 0.25) is 0 Å². The van der Waals surface area contributed by atoms with Gasteiger partial charge in [0.15, 0.2) is 0 Å². The maximum atomic E-state index is 10.1. The van der Waals surface area contributed by atoms with Crippen molar-refractivity contribution in [3.63, 3.8) is 0 Å². The summed E-state index contributed by atoms with van der Waals surface area (Å²) in [6, 6.07) is 9.38. The Kier molecular flexibility index (Phi) is 5.83. The van der Waals surface area contributed by atoms with E-state index in [-0.39, 0.29) is 6.61 Å². The van der Waals surface area contributed by atoms with Gasteiger partial charge < -0.3 is 19.5 Å². The van der Waals surface area contributed by atoms with Crippen LogP contribution in [0, 0.1) is 11.3 Å². The van der Waals surface area contributed by atoms with E-state index in [0.29, 0.717) is 35.0 Å². The van der Waals surface area contributed by atoms with Crippen LogP contribution in [0.25, 0.3) is 16.6 Å². The highest BCUT2D eigenvalue weighted by Gasteiger charge is 2.45. The summed E-state index contributed by atoms with van der Waals surface area (Å²) >= 11 is 0. The molecule has 4 saturated heterocycles. The summed E-state index contributed by atoms with van der Waals surface area (Å²) < 4.78 is 13.4. The highest BCUT2D eigenvalue weighted by atomic mass is 16.5. The molecule has 2 bridgehead atoms. The SMILES string of the molecule is CC(C)(O)COc1cc(-c2ccc(N3CC4CC(C3)N4CC3CCCO3)nc2)c2c(C#N)cnn2c1. The number of fused-ring (bicyclic) bond motifs is 3. The molecule has 7 rings (SSSR count). The van der Waals surface area contributed by atoms with E-state index in [1.165, 1.54) is 19.3 Å². The lowest BCUT2D eigenvalue weighted by atomic mass is 9.87. The molecule has 4 aliphatic rings. The van der Waals surface area contributed by atoms with Crippen LogP contribution in [-0.4, -0.2) is 81.2 Å². The molecule has 0 aromatic carbocycles. The van der Waals surface area contributed by atoms with Gasteiger partial charge in [0, 0.05) is 55.6 Å². The Labute approximate surface area is 210 Å². The third-order valence-electron chi connectivity index (χ3n) is 7.46. The lowest BCUT2D eigenvalue weighted by molar-refractivity contribution is -0.0393. The second kappa shape index (κ2) is 9.04. The second-order valence-electron chi connectivity index (χ2n) is 10.8. The summed E-state index contributed by atoms with van der Waals surface area (Å²) in [5.41, 5.74) is 1.95. The topological polar surface area (TPSA) is 99.1 Å². The molecule has 188 valence electrons. The summed E-state index contributed by atoms with van der Waals surface area (Å²) in [5, 5.41) is 24.0. The molecule has 0 aliphatic carbocycles. The van der Waals surface area contributed by atoms with Gasteiger partial charge in [0.25, 0.3) is 0 Å². The lowest BCUT2D eigenvalue weighted by Crippen LogP contribution is -2.69. The average molecular weight is 489 g/mol. The fourth-order valence-electron chi connectivity index (χ4n) is 5.67. The summed E-state index contributed by atoms with van der Waals surface area (Å²) in [7, 11) is 0. The van der Waals surface area contributed by atoms with Gasteiger partial charge in [0.1, 0.15) is 24.2 Å². The zero-order valence-corrected chi connectivity index (χ0v) is 20.8. The highest BCUT2D eigenvalue weighted by Crippen LogP contribution is 2.36. The van der Waals surface area contributed by atoms with E-state index in [2.05, 4.69) is 33.1 Å². The van der Waals surface area contributed by atoms with Crippen molar-refractivity contribution in [2.45, 2.75) is 56.9 Å². The van der Waals surface area contributed by atoms with Crippen molar-refractivity contribution in [1.82, 2.24) is 19.5 Å².